The number of amides is 1. The normalized spacial score (nSPS) is 10.3. The molecule has 0 unspecified atom stereocenters. The number of carbonyl (C=O) groups is 1. The molecule has 1 aromatic carbocycles. The zero-order valence-electron chi connectivity index (χ0n) is 10.0. The molecule has 0 fully saturated rings. The highest BCUT2D eigenvalue weighted by Crippen LogP contribution is 2.21. The van der Waals surface area contributed by atoms with Crippen LogP contribution in [0.2, 0.25) is 4.47 Å². The third kappa shape index (κ3) is 3.42. The lowest BCUT2D eigenvalue weighted by Crippen LogP contribution is -2.18. The quantitative estimate of drug-likeness (QED) is 0.913. The fraction of sp³-hybridized carbons (Fsp3) is 0.167. The van der Waals surface area contributed by atoms with Crippen molar-refractivity contribution in [3.05, 3.63) is 45.1 Å². The predicted octanol–water partition coefficient (Wildman–Crippen LogP) is 2.91. The molecule has 0 aliphatic carbocycles. The number of halogens is 2. The summed E-state index contributed by atoms with van der Waals surface area (Å²) in [5.74, 6) is -0.674. The van der Waals surface area contributed by atoms with E-state index >= 15 is 0 Å². The van der Waals surface area contributed by atoms with Crippen molar-refractivity contribution in [2.75, 3.05) is 12.4 Å². The van der Waals surface area contributed by atoms with E-state index in [1.165, 1.54) is 36.6 Å². The molecule has 0 aliphatic rings. The standard InChI is InChI=1S/C12H11ClFN3OS/c1-15-11(18)7-2-3-9(14)10(4-7)16-5-8-6-17-12(13)19-8/h2-4,6,16H,5H2,1H3,(H,15,18). The van der Waals surface area contributed by atoms with E-state index in [0.29, 0.717) is 16.6 Å². The fourth-order valence-corrected chi connectivity index (χ4v) is 2.41. The van der Waals surface area contributed by atoms with Crippen molar-refractivity contribution in [2.45, 2.75) is 6.54 Å². The number of rotatable bonds is 4. The van der Waals surface area contributed by atoms with Gasteiger partial charge in [-0.15, -0.1) is 11.3 Å². The van der Waals surface area contributed by atoms with Gasteiger partial charge in [-0.25, -0.2) is 9.37 Å². The van der Waals surface area contributed by atoms with Gasteiger partial charge in [-0.1, -0.05) is 11.6 Å². The molecular weight excluding hydrogens is 289 g/mol. The number of nitrogens with one attached hydrogen (secondary N) is 2. The molecule has 0 aliphatic heterocycles. The first-order valence-electron chi connectivity index (χ1n) is 5.46. The highest BCUT2D eigenvalue weighted by atomic mass is 35.5. The highest BCUT2D eigenvalue weighted by molar-refractivity contribution is 7.15. The molecule has 4 nitrogen and oxygen atoms in total. The number of carbonyl (C=O) groups excluding carboxylic acids is 1. The fourth-order valence-electron chi connectivity index (χ4n) is 1.49. The summed E-state index contributed by atoms with van der Waals surface area (Å²) in [5, 5.41) is 5.41. The van der Waals surface area contributed by atoms with Gasteiger partial charge in [0.05, 0.1) is 12.2 Å². The van der Waals surface area contributed by atoms with Gasteiger partial charge in [0.1, 0.15) is 5.82 Å². The first kappa shape index (κ1) is 13.8. The van der Waals surface area contributed by atoms with E-state index in [4.69, 9.17) is 11.6 Å². The average molecular weight is 300 g/mol. The predicted molar refractivity (Wildman–Crippen MR) is 74.2 cm³/mol. The first-order chi connectivity index (χ1) is 9.10. The van der Waals surface area contributed by atoms with Gasteiger partial charge in [-0.05, 0) is 18.2 Å². The van der Waals surface area contributed by atoms with Crippen molar-refractivity contribution in [3.63, 3.8) is 0 Å². The number of hydrogen-bond donors (Lipinski definition) is 2. The van der Waals surface area contributed by atoms with Crippen LogP contribution in [-0.2, 0) is 6.54 Å². The molecule has 2 N–H and O–H groups in total. The Morgan fingerprint density at radius 3 is 2.95 bits per heavy atom. The molecular formula is C12H11ClFN3OS. The number of nitrogens with zero attached hydrogens (tertiary/aromatic N) is 1. The van der Waals surface area contributed by atoms with Crippen LogP contribution in [0, 0.1) is 5.82 Å². The molecule has 2 rings (SSSR count). The van der Waals surface area contributed by atoms with Crippen LogP contribution in [0.4, 0.5) is 10.1 Å². The average Bonchev–Trinajstić information content (AvgIpc) is 2.82. The summed E-state index contributed by atoms with van der Waals surface area (Å²) in [4.78, 5) is 16.2. The van der Waals surface area contributed by atoms with E-state index in [0.717, 1.165) is 4.88 Å². The number of benzene rings is 1. The molecule has 0 saturated carbocycles. The van der Waals surface area contributed by atoms with Crippen LogP contribution >= 0.6 is 22.9 Å². The Bertz CT molecular complexity index is 602. The van der Waals surface area contributed by atoms with Gasteiger partial charge >= 0.3 is 0 Å². The number of thiazole rings is 1. The lowest BCUT2D eigenvalue weighted by Gasteiger charge is -2.08. The van der Waals surface area contributed by atoms with Crippen molar-refractivity contribution in [1.82, 2.24) is 10.3 Å². The van der Waals surface area contributed by atoms with Crippen LogP contribution < -0.4 is 10.6 Å². The summed E-state index contributed by atoms with van der Waals surface area (Å²) in [6.45, 7) is 0.401. The summed E-state index contributed by atoms with van der Waals surface area (Å²) in [6.07, 6.45) is 1.63. The first-order valence-corrected chi connectivity index (χ1v) is 6.65. The van der Waals surface area contributed by atoms with Gasteiger partial charge in [0.15, 0.2) is 4.47 Å². The van der Waals surface area contributed by atoms with Gasteiger partial charge in [0, 0.05) is 23.7 Å². The smallest absolute Gasteiger partial charge is 0.251 e. The third-order valence-corrected chi connectivity index (χ3v) is 3.55. The second kappa shape index (κ2) is 5.99. The van der Waals surface area contributed by atoms with Crippen molar-refractivity contribution in [1.29, 1.82) is 0 Å². The van der Waals surface area contributed by atoms with Crippen molar-refractivity contribution >= 4 is 34.5 Å². The lowest BCUT2D eigenvalue weighted by molar-refractivity contribution is 0.0963. The van der Waals surface area contributed by atoms with Gasteiger partial charge < -0.3 is 10.6 Å². The summed E-state index contributed by atoms with van der Waals surface area (Å²) >= 11 is 7.03. The van der Waals surface area contributed by atoms with Crippen molar-refractivity contribution in [2.24, 2.45) is 0 Å². The van der Waals surface area contributed by atoms with E-state index < -0.39 is 5.82 Å². The molecule has 1 aromatic heterocycles. The maximum absolute atomic E-state index is 13.6. The van der Waals surface area contributed by atoms with Crippen LogP contribution in [0.25, 0.3) is 0 Å². The monoisotopic (exact) mass is 299 g/mol. The summed E-state index contributed by atoms with van der Waals surface area (Å²) < 4.78 is 14.1. The van der Waals surface area contributed by atoms with E-state index in [2.05, 4.69) is 15.6 Å². The molecule has 1 amide bonds. The van der Waals surface area contributed by atoms with Crippen LogP contribution in [0.3, 0.4) is 0 Å². The third-order valence-electron chi connectivity index (χ3n) is 2.43. The Balaban J connectivity index is 2.12. The van der Waals surface area contributed by atoms with Crippen LogP contribution in [0.5, 0.6) is 0 Å². The topological polar surface area (TPSA) is 54.0 Å². The minimum atomic E-state index is -0.414. The maximum Gasteiger partial charge on any atom is 0.251 e. The molecule has 0 radical (unpaired) electrons. The zero-order chi connectivity index (χ0) is 13.8. The Morgan fingerprint density at radius 2 is 2.32 bits per heavy atom. The van der Waals surface area contributed by atoms with E-state index in [1.807, 2.05) is 0 Å². The number of hydrogen-bond acceptors (Lipinski definition) is 4. The molecule has 0 atom stereocenters. The molecule has 19 heavy (non-hydrogen) atoms. The van der Waals surface area contributed by atoms with Crippen molar-refractivity contribution in [3.8, 4) is 0 Å². The molecule has 2 aromatic rings. The molecule has 0 bridgehead atoms. The van der Waals surface area contributed by atoms with Gasteiger partial charge in [-0.2, -0.15) is 0 Å². The minimum absolute atomic E-state index is 0.260. The summed E-state index contributed by atoms with van der Waals surface area (Å²) in [6, 6.07) is 4.16. The Labute approximate surface area is 118 Å². The lowest BCUT2D eigenvalue weighted by atomic mass is 10.2. The van der Waals surface area contributed by atoms with Crippen LogP contribution in [-0.4, -0.2) is 17.9 Å². The summed E-state index contributed by atoms with van der Waals surface area (Å²) in [7, 11) is 1.53. The Morgan fingerprint density at radius 1 is 1.53 bits per heavy atom. The largest absolute Gasteiger partial charge is 0.378 e. The SMILES string of the molecule is CNC(=O)c1ccc(F)c(NCc2cnc(Cl)s2)c1. The van der Waals surface area contributed by atoms with Gasteiger partial charge in [0.2, 0.25) is 0 Å². The van der Waals surface area contributed by atoms with E-state index in [1.54, 1.807) is 6.20 Å². The van der Waals surface area contributed by atoms with Gasteiger partial charge in [0.25, 0.3) is 5.91 Å². The molecule has 0 spiro atoms. The van der Waals surface area contributed by atoms with Crippen LogP contribution in [0.15, 0.2) is 24.4 Å². The molecule has 0 saturated heterocycles. The second-order valence-corrected chi connectivity index (χ2v) is 5.40. The highest BCUT2D eigenvalue weighted by Gasteiger charge is 2.08. The molecule has 100 valence electrons. The van der Waals surface area contributed by atoms with Crippen LogP contribution in [0.1, 0.15) is 15.2 Å². The second-order valence-electron chi connectivity index (χ2n) is 3.71. The summed E-state index contributed by atoms with van der Waals surface area (Å²) in [5.41, 5.74) is 0.666. The molecule has 7 heteroatoms. The van der Waals surface area contributed by atoms with Crippen molar-refractivity contribution < 1.29 is 9.18 Å². The minimum Gasteiger partial charge on any atom is -0.378 e. The number of aromatic nitrogens is 1. The van der Waals surface area contributed by atoms with E-state index in [9.17, 15) is 9.18 Å². The maximum atomic E-state index is 13.6. The Kier molecular flexibility index (Phi) is 4.34. The Hall–Kier alpha value is -1.66. The molecule has 1 heterocycles. The van der Waals surface area contributed by atoms with Gasteiger partial charge in [-0.3, -0.25) is 4.79 Å². The van der Waals surface area contributed by atoms with E-state index in [-0.39, 0.29) is 11.6 Å². The zero-order valence-corrected chi connectivity index (χ0v) is 11.6. The number of anilines is 1.